The van der Waals surface area contributed by atoms with Gasteiger partial charge in [-0.25, -0.2) is 13.1 Å². The maximum absolute atomic E-state index is 12.3. The first-order valence-corrected chi connectivity index (χ1v) is 10.6. The van der Waals surface area contributed by atoms with Gasteiger partial charge in [-0.15, -0.1) is 24.0 Å². The number of sulfonamides is 1. The quantitative estimate of drug-likeness (QED) is 0.103. The number of rotatable bonds is 10. The third-order valence-corrected chi connectivity index (χ3v) is 5.22. The van der Waals surface area contributed by atoms with Crippen molar-refractivity contribution in [3.8, 4) is 0 Å². The number of nitro groups is 1. The summed E-state index contributed by atoms with van der Waals surface area (Å²) in [5, 5.41) is 17.1. The summed E-state index contributed by atoms with van der Waals surface area (Å²) in [6, 6.07) is 10.6. The van der Waals surface area contributed by atoms with Gasteiger partial charge in [-0.3, -0.25) is 20.1 Å². The van der Waals surface area contributed by atoms with Crippen LogP contribution >= 0.6 is 24.0 Å². The smallest absolute Gasteiger partial charge is 0.270 e. The molecule has 12 heteroatoms. The fraction of sp³-hybridized carbons (Fsp3) is 0.333. The molecule has 0 bridgehead atoms. The van der Waals surface area contributed by atoms with Crippen LogP contribution in [-0.4, -0.2) is 50.5 Å². The summed E-state index contributed by atoms with van der Waals surface area (Å²) in [6.07, 6.45) is 2.47. The van der Waals surface area contributed by atoms with Gasteiger partial charge in [-0.05, 0) is 25.1 Å². The number of guanidine groups is 1. The van der Waals surface area contributed by atoms with Crippen molar-refractivity contribution in [1.82, 2.24) is 20.3 Å². The van der Waals surface area contributed by atoms with Crippen LogP contribution in [0.25, 0.3) is 0 Å². The molecule has 3 N–H and O–H groups in total. The average Bonchev–Trinajstić information content (AvgIpc) is 2.72. The Morgan fingerprint density at radius 3 is 2.63 bits per heavy atom. The molecular formula is C18H25IN6O4S. The van der Waals surface area contributed by atoms with Crippen molar-refractivity contribution in [3.63, 3.8) is 0 Å². The number of nitrogens with one attached hydrogen (secondary N) is 3. The molecule has 10 nitrogen and oxygen atoms in total. The minimum atomic E-state index is -3.85. The lowest BCUT2D eigenvalue weighted by Crippen LogP contribution is -2.39. The van der Waals surface area contributed by atoms with E-state index in [2.05, 4.69) is 25.3 Å². The summed E-state index contributed by atoms with van der Waals surface area (Å²) in [5.74, 6) is 0.568. The van der Waals surface area contributed by atoms with Crippen LogP contribution in [0.5, 0.6) is 0 Å². The average molecular weight is 548 g/mol. The van der Waals surface area contributed by atoms with Gasteiger partial charge in [0, 0.05) is 50.1 Å². The monoisotopic (exact) mass is 548 g/mol. The molecule has 0 aliphatic rings. The Morgan fingerprint density at radius 1 is 1.17 bits per heavy atom. The highest BCUT2D eigenvalue weighted by atomic mass is 127. The molecule has 2 rings (SSSR count). The van der Waals surface area contributed by atoms with Crippen LogP contribution in [0.4, 0.5) is 5.69 Å². The highest BCUT2D eigenvalue weighted by molar-refractivity contribution is 14.0. The van der Waals surface area contributed by atoms with E-state index in [1.807, 2.05) is 25.1 Å². The van der Waals surface area contributed by atoms with Gasteiger partial charge in [0.25, 0.3) is 5.69 Å². The Bertz CT molecular complexity index is 941. The number of aromatic nitrogens is 1. The van der Waals surface area contributed by atoms with Crippen molar-refractivity contribution in [2.24, 2.45) is 4.99 Å². The van der Waals surface area contributed by atoms with E-state index in [1.165, 1.54) is 18.2 Å². The van der Waals surface area contributed by atoms with Crippen molar-refractivity contribution in [2.75, 3.05) is 26.2 Å². The molecule has 30 heavy (non-hydrogen) atoms. The Balaban J connectivity index is 0.00000450. The zero-order valence-electron chi connectivity index (χ0n) is 16.4. The van der Waals surface area contributed by atoms with Crippen molar-refractivity contribution >= 4 is 45.6 Å². The standard InChI is InChI=1S/C18H24N6O4S.HI/c1-2-19-18(21-11-9-15-6-3-4-10-20-15)22-12-13-23-29(27,28)17-8-5-7-16(14-17)24(25)26;/h3-8,10,14,23H,2,9,11-13H2,1H3,(H2,19,21,22);1H. The Hall–Kier alpha value is -2.32. The summed E-state index contributed by atoms with van der Waals surface area (Å²) in [6.45, 7) is 3.48. The van der Waals surface area contributed by atoms with Crippen molar-refractivity contribution in [2.45, 2.75) is 18.2 Å². The molecule has 0 radical (unpaired) electrons. The van der Waals surface area contributed by atoms with E-state index in [4.69, 9.17) is 0 Å². The van der Waals surface area contributed by atoms with Crippen LogP contribution in [0.1, 0.15) is 12.6 Å². The molecule has 0 saturated carbocycles. The van der Waals surface area contributed by atoms with Gasteiger partial charge in [0.15, 0.2) is 5.96 Å². The molecule has 1 heterocycles. The minimum absolute atomic E-state index is 0. The molecule has 0 amide bonds. The fourth-order valence-corrected chi connectivity index (χ4v) is 3.45. The van der Waals surface area contributed by atoms with Crippen molar-refractivity contribution < 1.29 is 13.3 Å². The molecule has 2 aromatic rings. The second kappa shape index (κ2) is 13.1. The van der Waals surface area contributed by atoms with Crippen molar-refractivity contribution in [1.29, 1.82) is 0 Å². The largest absolute Gasteiger partial charge is 0.357 e. The maximum Gasteiger partial charge on any atom is 0.270 e. The van der Waals surface area contributed by atoms with Gasteiger partial charge in [-0.2, -0.15) is 0 Å². The van der Waals surface area contributed by atoms with Gasteiger partial charge in [-0.1, -0.05) is 12.1 Å². The van der Waals surface area contributed by atoms with Gasteiger partial charge >= 0.3 is 0 Å². The van der Waals surface area contributed by atoms with E-state index in [-0.39, 0.29) is 47.6 Å². The Labute approximate surface area is 192 Å². The molecular weight excluding hydrogens is 523 g/mol. The molecule has 0 saturated heterocycles. The summed E-state index contributed by atoms with van der Waals surface area (Å²) >= 11 is 0. The molecule has 0 fully saturated rings. The summed E-state index contributed by atoms with van der Waals surface area (Å²) in [5.41, 5.74) is 0.679. The molecule has 0 aliphatic carbocycles. The van der Waals surface area contributed by atoms with E-state index >= 15 is 0 Å². The predicted octanol–water partition coefficient (Wildman–Crippen LogP) is 1.68. The summed E-state index contributed by atoms with van der Waals surface area (Å²) in [4.78, 5) is 18.6. The number of benzene rings is 1. The summed E-state index contributed by atoms with van der Waals surface area (Å²) in [7, 11) is -3.85. The third-order valence-electron chi connectivity index (χ3n) is 3.76. The van der Waals surface area contributed by atoms with Crippen LogP contribution in [0, 0.1) is 10.1 Å². The first-order valence-electron chi connectivity index (χ1n) is 9.08. The lowest BCUT2D eigenvalue weighted by molar-refractivity contribution is -0.385. The van der Waals surface area contributed by atoms with Gasteiger partial charge in [0.2, 0.25) is 10.0 Å². The highest BCUT2D eigenvalue weighted by Gasteiger charge is 2.16. The van der Waals surface area contributed by atoms with Crippen LogP contribution in [-0.2, 0) is 16.4 Å². The van der Waals surface area contributed by atoms with Crippen LogP contribution in [0.15, 0.2) is 58.5 Å². The zero-order valence-corrected chi connectivity index (χ0v) is 19.6. The van der Waals surface area contributed by atoms with E-state index in [0.717, 1.165) is 18.2 Å². The number of hydrogen-bond acceptors (Lipinski definition) is 6. The SMILES string of the molecule is CCNC(=NCCNS(=O)(=O)c1cccc([N+](=O)[O-])c1)NCCc1ccccn1.I. The highest BCUT2D eigenvalue weighted by Crippen LogP contribution is 2.16. The number of nitrogens with zero attached hydrogens (tertiary/aromatic N) is 3. The minimum Gasteiger partial charge on any atom is -0.357 e. The molecule has 0 aliphatic heterocycles. The van der Waals surface area contributed by atoms with Crippen LogP contribution in [0.3, 0.4) is 0 Å². The number of nitro benzene ring substituents is 1. The summed E-state index contributed by atoms with van der Waals surface area (Å²) < 4.78 is 27.0. The number of non-ortho nitro benzene ring substituents is 1. The lowest BCUT2D eigenvalue weighted by Gasteiger charge is -2.11. The zero-order chi connectivity index (χ0) is 21.1. The van der Waals surface area contributed by atoms with E-state index in [0.29, 0.717) is 19.0 Å². The second-order valence-corrected chi connectivity index (χ2v) is 7.68. The number of pyridine rings is 1. The molecule has 1 aromatic carbocycles. The van der Waals surface area contributed by atoms with Crippen molar-refractivity contribution in [3.05, 3.63) is 64.5 Å². The molecule has 0 spiro atoms. The van der Waals surface area contributed by atoms with Gasteiger partial charge < -0.3 is 10.6 Å². The molecule has 164 valence electrons. The molecule has 0 atom stereocenters. The lowest BCUT2D eigenvalue weighted by atomic mass is 10.3. The molecule has 0 unspecified atom stereocenters. The van der Waals surface area contributed by atoms with E-state index in [1.54, 1.807) is 6.20 Å². The van der Waals surface area contributed by atoms with Crippen LogP contribution < -0.4 is 15.4 Å². The number of halogens is 1. The Morgan fingerprint density at radius 2 is 1.97 bits per heavy atom. The first-order chi connectivity index (χ1) is 13.9. The normalized spacial score (nSPS) is 11.4. The van der Waals surface area contributed by atoms with Gasteiger partial charge in [0.1, 0.15) is 0 Å². The maximum atomic E-state index is 12.3. The topological polar surface area (TPSA) is 139 Å². The molecule has 1 aromatic heterocycles. The number of aliphatic imine (C=N–C) groups is 1. The first kappa shape index (κ1) is 25.7. The van der Waals surface area contributed by atoms with Gasteiger partial charge in [0.05, 0.1) is 16.4 Å². The van der Waals surface area contributed by atoms with E-state index in [9.17, 15) is 18.5 Å². The Kier molecular flexibility index (Phi) is 11.2. The van der Waals surface area contributed by atoms with E-state index < -0.39 is 14.9 Å². The second-order valence-electron chi connectivity index (χ2n) is 5.91. The third kappa shape index (κ3) is 8.59. The van der Waals surface area contributed by atoms with Crippen LogP contribution in [0.2, 0.25) is 0 Å². The predicted molar refractivity (Wildman–Crippen MR) is 126 cm³/mol. The number of hydrogen-bond donors (Lipinski definition) is 3. The fourth-order valence-electron chi connectivity index (χ4n) is 2.39.